The van der Waals surface area contributed by atoms with Crippen molar-refractivity contribution in [3.8, 4) is 0 Å². The van der Waals surface area contributed by atoms with Crippen molar-refractivity contribution in [2.45, 2.75) is 31.2 Å². The largest absolute Gasteiger partial charge is 0.336 e. The molecule has 3 rings (SSSR count). The minimum atomic E-state index is 0.0624. The highest BCUT2D eigenvalue weighted by Gasteiger charge is 2.44. The molecule has 0 unspecified atom stereocenters. The molecule has 1 fully saturated rings. The molecule has 1 aliphatic carbocycles. The Morgan fingerprint density at radius 2 is 2.12 bits per heavy atom. The molecule has 3 heteroatoms. The monoisotopic (exact) mass is 249 g/mol. The molecular weight excluding hydrogens is 234 g/mol. The Labute approximate surface area is 107 Å². The van der Waals surface area contributed by atoms with E-state index in [0.717, 1.165) is 13.1 Å². The normalized spacial score (nSPS) is 20.9. The van der Waals surface area contributed by atoms with Gasteiger partial charge in [0.2, 0.25) is 5.91 Å². The van der Waals surface area contributed by atoms with Gasteiger partial charge in [0.25, 0.3) is 0 Å². The van der Waals surface area contributed by atoms with Gasteiger partial charge in [-0.15, -0.1) is 11.6 Å². The van der Waals surface area contributed by atoms with Gasteiger partial charge in [-0.2, -0.15) is 0 Å². The Hall–Kier alpha value is -1.02. The Morgan fingerprint density at radius 3 is 2.76 bits per heavy atom. The number of carbonyl (C=O) groups is 1. The molecular formula is C14H16ClNO. The second-order valence-electron chi connectivity index (χ2n) is 5.17. The van der Waals surface area contributed by atoms with Gasteiger partial charge >= 0.3 is 0 Å². The fourth-order valence-corrected chi connectivity index (χ4v) is 3.35. The van der Waals surface area contributed by atoms with Gasteiger partial charge in [-0.1, -0.05) is 30.7 Å². The topological polar surface area (TPSA) is 20.3 Å². The van der Waals surface area contributed by atoms with Crippen LogP contribution in [0.2, 0.25) is 0 Å². The van der Waals surface area contributed by atoms with Crippen molar-refractivity contribution in [3.63, 3.8) is 0 Å². The van der Waals surface area contributed by atoms with E-state index < -0.39 is 0 Å². The maximum atomic E-state index is 11.8. The number of alkyl halides is 1. The number of hydrogen-bond acceptors (Lipinski definition) is 1. The molecule has 2 nitrogen and oxygen atoms in total. The van der Waals surface area contributed by atoms with E-state index in [1.165, 1.54) is 30.4 Å². The number of rotatable bonds is 1. The summed E-state index contributed by atoms with van der Waals surface area (Å²) in [6.07, 6.45) is 3.68. The van der Waals surface area contributed by atoms with Gasteiger partial charge in [0.1, 0.15) is 5.88 Å². The predicted octanol–water partition coefficient (Wildman–Crippen LogP) is 2.69. The number of carbonyl (C=O) groups excluding carboxylic acids is 1. The van der Waals surface area contributed by atoms with Crippen molar-refractivity contribution in [2.24, 2.45) is 0 Å². The summed E-state index contributed by atoms with van der Waals surface area (Å²) in [7, 11) is 0. The molecule has 17 heavy (non-hydrogen) atoms. The third-order valence-corrected chi connectivity index (χ3v) is 4.45. The van der Waals surface area contributed by atoms with Gasteiger partial charge in [-0.25, -0.2) is 0 Å². The second-order valence-corrected chi connectivity index (χ2v) is 5.44. The third-order valence-electron chi connectivity index (χ3n) is 4.22. The van der Waals surface area contributed by atoms with Gasteiger partial charge < -0.3 is 4.90 Å². The lowest BCUT2D eigenvalue weighted by molar-refractivity contribution is -0.131. The summed E-state index contributed by atoms with van der Waals surface area (Å²) in [6.45, 7) is 1.58. The van der Waals surface area contributed by atoms with Crippen molar-refractivity contribution < 1.29 is 4.79 Å². The van der Waals surface area contributed by atoms with E-state index in [0.29, 0.717) is 0 Å². The molecule has 1 aromatic rings. The first kappa shape index (κ1) is 11.1. The molecule has 0 bridgehead atoms. The average molecular weight is 250 g/mol. The van der Waals surface area contributed by atoms with Gasteiger partial charge in [0.15, 0.2) is 0 Å². The molecule has 1 aromatic carbocycles. The van der Waals surface area contributed by atoms with E-state index in [9.17, 15) is 4.79 Å². The molecule has 1 spiro atoms. The minimum Gasteiger partial charge on any atom is -0.336 e. The van der Waals surface area contributed by atoms with Crippen LogP contribution in [-0.4, -0.2) is 23.2 Å². The van der Waals surface area contributed by atoms with Gasteiger partial charge in [0.05, 0.1) is 0 Å². The van der Waals surface area contributed by atoms with Crippen molar-refractivity contribution in [3.05, 3.63) is 35.4 Å². The molecule has 0 N–H and O–H groups in total. The van der Waals surface area contributed by atoms with Crippen LogP contribution < -0.4 is 0 Å². The molecule has 0 saturated heterocycles. The number of fused-ring (bicyclic) bond motifs is 2. The minimum absolute atomic E-state index is 0.0624. The van der Waals surface area contributed by atoms with Crippen LogP contribution in [0.25, 0.3) is 0 Å². The maximum Gasteiger partial charge on any atom is 0.237 e. The van der Waals surface area contributed by atoms with Crippen LogP contribution in [0.15, 0.2) is 24.3 Å². The van der Waals surface area contributed by atoms with Crippen LogP contribution >= 0.6 is 11.6 Å². The van der Waals surface area contributed by atoms with Gasteiger partial charge in [-0.05, 0) is 24.0 Å². The van der Waals surface area contributed by atoms with Crippen LogP contribution in [0.1, 0.15) is 30.4 Å². The lowest BCUT2D eigenvalue weighted by Gasteiger charge is -2.50. The first-order valence-electron chi connectivity index (χ1n) is 6.17. The average Bonchev–Trinajstić information content (AvgIpc) is 2.34. The third kappa shape index (κ3) is 1.66. The first-order chi connectivity index (χ1) is 8.25. The zero-order valence-corrected chi connectivity index (χ0v) is 10.5. The zero-order valence-electron chi connectivity index (χ0n) is 9.79. The Morgan fingerprint density at radius 1 is 1.35 bits per heavy atom. The van der Waals surface area contributed by atoms with Crippen molar-refractivity contribution in [1.29, 1.82) is 0 Å². The first-order valence-corrected chi connectivity index (χ1v) is 6.71. The lowest BCUT2D eigenvalue weighted by atomic mass is 9.61. The fourth-order valence-electron chi connectivity index (χ4n) is 3.18. The molecule has 0 aromatic heterocycles. The maximum absolute atomic E-state index is 11.8. The molecule has 1 aliphatic heterocycles. The molecule has 0 radical (unpaired) electrons. The molecule has 0 atom stereocenters. The smallest absolute Gasteiger partial charge is 0.237 e. The SMILES string of the molecule is O=C(CCl)N1Cc2ccccc2C2(CCC2)C1. The standard InChI is InChI=1S/C14H16ClNO/c15-8-13(17)16-9-11-4-1-2-5-12(11)14(10-16)6-3-7-14/h1-2,4-5H,3,6-10H2. The number of amides is 1. The Kier molecular flexibility index (Phi) is 2.62. The van der Waals surface area contributed by atoms with E-state index in [4.69, 9.17) is 11.6 Å². The Bertz CT molecular complexity index is 453. The van der Waals surface area contributed by atoms with Crippen LogP contribution in [0.3, 0.4) is 0 Å². The summed E-state index contributed by atoms with van der Waals surface area (Å²) < 4.78 is 0. The van der Waals surface area contributed by atoms with E-state index in [1.807, 2.05) is 4.90 Å². The molecule has 2 aliphatic rings. The lowest BCUT2D eigenvalue weighted by Crippen LogP contribution is -2.51. The van der Waals surface area contributed by atoms with Gasteiger partial charge in [0, 0.05) is 18.5 Å². The number of halogens is 1. The highest BCUT2D eigenvalue weighted by molar-refractivity contribution is 6.27. The van der Waals surface area contributed by atoms with E-state index >= 15 is 0 Å². The van der Waals surface area contributed by atoms with Crippen molar-refractivity contribution >= 4 is 17.5 Å². The summed E-state index contributed by atoms with van der Waals surface area (Å²) in [6, 6.07) is 8.54. The number of hydrogen-bond donors (Lipinski definition) is 0. The summed E-state index contributed by atoms with van der Waals surface area (Å²) in [4.78, 5) is 13.7. The fraction of sp³-hybridized carbons (Fsp3) is 0.500. The van der Waals surface area contributed by atoms with Crippen LogP contribution in [0, 0.1) is 0 Å². The number of nitrogens with zero attached hydrogens (tertiary/aromatic N) is 1. The summed E-state index contributed by atoms with van der Waals surface area (Å²) in [5, 5.41) is 0. The van der Waals surface area contributed by atoms with Crippen molar-refractivity contribution in [1.82, 2.24) is 4.90 Å². The quantitative estimate of drug-likeness (QED) is 0.701. The highest BCUT2D eigenvalue weighted by Crippen LogP contribution is 2.48. The van der Waals surface area contributed by atoms with Crippen LogP contribution in [0.5, 0.6) is 0 Å². The highest BCUT2D eigenvalue weighted by atomic mass is 35.5. The van der Waals surface area contributed by atoms with E-state index in [1.54, 1.807) is 0 Å². The van der Waals surface area contributed by atoms with Gasteiger partial charge in [-0.3, -0.25) is 4.79 Å². The van der Waals surface area contributed by atoms with Crippen molar-refractivity contribution in [2.75, 3.05) is 12.4 Å². The number of benzene rings is 1. The molecule has 1 amide bonds. The summed E-state index contributed by atoms with van der Waals surface area (Å²) in [5.41, 5.74) is 3.00. The Balaban J connectivity index is 1.99. The molecule has 1 heterocycles. The summed E-state index contributed by atoms with van der Waals surface area (Å²) in [5.74, 6) is 0.158. The van der Waals surface area contributed by atoms with E-state index in [2.05, 4.69) is 24.3 Å². The molecule has 90 valence electrons. The zero-order chi connectivity index (χ0) is 11.9. The molecule has 1 saturated carbocycles. The predicted molar refractivity (Wildman–Crippen MR) is 68.1 cm³/mol. The van der Waals surface area contributed by atoms with Crippen LogP contribution in [-0.2, 0) is 16.8 Å². The van der Waals surface area contributed by atoms with Crippen LogP contribution in [0.4, 0.5) is 0 Å². The summed E-state index contributed by atoms with van der Waals surface area (Å²) >= 11 is 5.68. The van der Waals surface area contributed by atoms with E-state index in [-0.39, 0.29) is 17.2 Å². The second kappa shape index (κ2) is 4.02.